The lowest BCUT2D eigenvalue weighted by Gasteiger charge is -2.23. The summed E-state index contributed by atoms with van der Waals surface area (Å²) in [5.74, 6) is 0. The van der Waals surface area contributed by atoms with Gasteiger partial charge in [-0.15, -0.1) is 0 Å². The zero-order valence-electron chi connectivity index (χ0n) is 8.70. The Kier molecular flexibility index (Phi) is 3.51. The van der Waals surface area contributed by atoms with Gasteiger partial charge in [0.1, 0.15) is 0 Å². The van der Waals surface area contributed by atoms with Crippen LogP contribution in [0.4, 0.5) is 4.79 Å². The molecule has 0 spiro atoms. The second kappa shape index (κ2) is 4.50. The first kappa shape index (κ1) is 12.5. The lowest BCUT2D eigenvalue weighted by molar-refractivity contribution is 0.224. The fraction of sp³-hybridized carbons (Fsp3) is 0.222. The Morgan fingerprint density at radius 1 is 1.31 bits per heavy atom. The number of carbonyl (C=O) groups is 1. The third-order valence-corrected chi connectivity index (χ3v) is 3.79. The Labute approximate surface area is 93.9 Å². The van der Waals surface area contributed by atoms with Gasteiger partial charge in [0.2, 0.25) is 0 Å². The van der Waals surface area contributed by atoms with Crippen molar-refractivity contribution in [3.63, 3.8) is 0 Å². The minimum Gasteiger partial charge on any atom is -0.351 e. The quantitative estimate of drug-likeness (QED) is 0.732. The van der Waals surface area contributed by atoms with Gasteiger partial charge in [0.25, 0.3) is 10.0 Å². The van der Waals surface area contributed by atoms with Gasteiger partial charge in [0, 0.05) is 0 Å². The molecule has 1 atom stereocenters. The first-order valence-corrected chi connectivity index (χ1v) is 5.96. The summed E-state index contributed by atoms with van der Waals surface area (Å²) in [5.41, 5.74) is 10.4. The number of amides is 2. The lowest BCUT2D eigenvalue weighted by Crippen LogP contribution is -2.50. The molecule has 88 valence electrons. The van der Waals surface area contributed by atoms with Gasteiger partial charge in [-0.05, 0) is 19.1 Å². The average molecular weight is 243 g/mol. The molecule has 1 rings (SSSR count). The zero-order chi connectivity index (χ0) is 12.3. The maximum absolute atomic E-state index is 12.0. The molecule has 0 fully saturated rings. The average Bonchev–Trinajstić information content (AvgIpc) is 2.17. The Morgan fingerprint density at radius 2 is 1.81 bits per heavy atom. The van der Waals surface area contributed by atoms with Crippen LogP contribution < -0.4 is 11.5 Å². The molecule has 16 heavy (non-hydrogen) atoms. The monoisotopic (exact) mass is 243 g/mol. The van der Waals surface area contributed by atoms with E-state index in [0.717, 1.165) is 0 Å². The second-order valence-electron chi connectivity index (χ2n) is 3.19. The van der Waals surface area contributed by atoms with E-state index in [9.17, 15) is 13.2 Å². The van der Waals surface area contributed by atoms with Gasteiger partial charge < -0.3 is 11.5 Å². The highest BCUT2D eigenvalue weighted by atomic mass is 32.2. The van der Waals surface area contributed by atoms with Crippen molar-refractivity contribution in [3.05, 3.63) is 30.3 Å². The van der Waals surface area contributed by atoms with Crippen molar-refractivity contribution >= 4 is 16.1 Å². The first-order valence-electron chi connectivity index (χ1n) is 4.52. The van der Waals surface area contributed by atoms with Gasteiger partial charge >= 0.3 is 6.03 Å². The molecule has 0 bridgehead atoms. The van der Waals surface area contributed by atoms with Crippen molar-refractivity contribution in [1.29, 1.82) is 0 Å². The number of hydrogen-bond donors (Lipinski definition) is 2. The van der Waals surface area contributed by atoms with E-state index in [1.807, 2.05) is 0 Å². The Morgan fingerprint density at radius 3 is 2.19 bits per heavy atom. The van der Waals surface area contributed by atoms with Gasteiger partial charge in [-0.25, -0.2) is 17.5 Å². The molecule has 4 N–H and O–H groups in total. The summed E-state index contributed by atoms with van der Waals surface area (Å²) in [5, 5.41) is 0. The molecular weight excluding hydrogens is 230 g/mol. The van der Waals surface area contributed by atoms with Crippen LogP contribution in [0.3, 0.4) is 0 Å². The van der Waals surface area contributed by atoms with Crippen LogP contribution in [0.5, 0.6) is 0 Å². The fourth-order valence-corrected chi connectivity index (χ4v) is 2.65. The second-order valence-corrected chi connectivity index (χ2v) is 5.01. The van der Waals surface area contributed by atoms with E-state index in [-0.39, 0.29) is 4.90 Å². The largest absolute Gasteiger partial charge is 0.351 e. The maximum atomic E-state index is 12.0. The zero-order valence-corrected chi connectivity index (χ0v) is 9.52. The predicted molar refractivity (Wildman–Crippen MR) is 58.7 cm³/mol. The molecule has 0 heterocycles. The molecule has 2 amide bonds. The standard InChI is InChI=1S/C9H13N3O3S/c1-7(10)12(9(11)13)16(14,15)8-5-3-2-4-6-8/h2-7H,10H2,1H3,(H2,11,13). The van der Waals surface area contributed by atoms with Gasteiger partial charge in [-0.3, -0.25) is 0 Å². The van der Waals surface area contributed by atoms with Gasteiger partial charge in [-0.2, -0.15) is 0 Å². The van der Waals surface area contributed by atoms with Crippen LogP contribution in [0, 0.1) is 0 Å². The van der Waals surface area contributed by atoms with Crippen LogP contribution in [0.1, 0.15) is 6.92 Å². The third-order valence-electron chi connectivity index (χ3n) is 1.89. The molecule has 6 nitrogen and oxygen atoms in total. The van der Waals surface area contributed by atoms with Crippen molar-refractivity contribution in [2.24, 2.45) is 11.5 Å². The molecule has 7 heteroatoms. The van der Waals surface area contributed by atoms with Crippen molar-refractivity contribution in [2.75, 3.05) is 0 Å². The lowest BCUT2D eigenvalue weighted by atomic mass is 10.4. The van der Waals surface area contributed by atoms with E-state index < -0.39 is 22.2 Å². The number of carbonyl (C=O) groups excluding carboxylic acids is 1. The summed E-state index contributed by atoms with van der Waals surface area (Å²) < 4.78 is 24.4. The van der Waals surface area contributed by atoms with Crippen molar-refractivity contribution in [1.82, 2.24) is 4.31 Å². The summed E-state index contributed by atoms with van der Waals surface area (Å²) in [6.45, 7) is 1.37. The summed E-state index contributed by atoms with van der Waals surface area (Å²) >= 11 is 0. The normalized spacial score (nSPS) is 13.1. The molecule has 0 radical (unpaired) electrons. The number of nitrogens with zero attached hydrogens (tertiary/aromatic N) is 1. The van der Waals surface area contributed by atoms with Crippen LogP contribution >= 0.6 is 0 Å². The van der Waals surface area contributed by atoms with Gasteiger partial charge in [-0.1, -0.05) is 18.2 Å². The molecule has 1 aromatic rings. The number of urea groups is 1. The van der Waals surface area contributed by atoms with E-state index >= 15 is 0 Å². The van der Waals surface area contributed by atoms with E-state index in [0.29, 0.717) is 4.31 Å². The summed E-state index contributed by atoms with van der Waals surface area (Å²) in [6, 6.07) is 6.40. The topological polar surface area (TPSA) is 106 Å². The number of benzene rings is 1. The van der Waals surface area contributed by atoms with Crippen LogP contribution in [-0.4, -0.2) is 24.9 Å². The van der Waals surface area contributed by atoms with E-state index in [4.69, 9.17) is 11.5 Å². The molecule has 0 saturated carbocycles. The molecule has 0 saturated heterocycles. The van der Waals surface area contributed by atoms with Crippen molar-refractivity contribution < 1.29 is 13.2 Å². The highest BCUT2D eigenvalue weighted by Gasteiger charge is 2.30. The molecule has 0 aliphatic rings. The van der Waals surface area contributed by atoms with Crippen LogP contribution in [-0.2, 0) is 10.0 Å². The molecular formula is C9H13N3O3S. The maximum Gasteiger partial charge on any atom is 0.330 e. The molecule has 0 aliphatic heterocycles. The third kappa shape index (κ3) is 2.31. The van der Waals surface area contributed by atoms with Gasteiger partial charge in [0.15, 0.2) is 0 Å². The molecule has 1 aromatic carbocycles. The summed E-state index contributed by atoms with van der Waals surface area (Å²) in [6.07, 6.45) is -1.01. The molecule has 0 aromatic heterocycles. The smallest absolute Gasteiger partial charge is 0.330 e. The van der Waals surface area contributed by atoms with E-state index in [2.05, 4.69) is 0 Å². The Balaban J connectivity index is 3.25. The first-order chi connectivity index (χ1) is 7.37. The fourth-order valence-electron chi connectivity index (χ4n) is 1.24. The van der Waals surface area contributed by atoms with Gasteiger partial charge in [0.05, 0.1) is 11.1 Å². The highest BCUT2D eigenvalue weighted by molar-refractivity contribution is 7.89. The van der Waals surface area contributed by atoms with E-state index in [1.54, 1.807) is 18.2 Å². The minimum atomic E-state index is -3.97. The summed E-state index contributed by atoms with van der Waals surface area (Å²) in [4.78, 5) is 11.0. The van der Waals surface area contributed by atoms with Crippen LogP contribution in [0.15, 0.2) is 35.2 Å². The Bertz CT molecular complexity index is 470. The number of rotatable bonds is 3. The SMILES string of the molecule is CC(N)N(C(N)=O)S(=O)(=O)c1ccccc1. The number of primary amides is 1. The van der Waals surface area contributed by atoms with Crippen LogP contribution in [0.2, 0.25) is 0 Å². The summed E-state index contributed by atoms with van der Waals surface area (Å²) in [7, 11) is -3.97. The van der Waals surface area contributed by atoms with Crippen molar-refractivity contribution in [3.8, 4) is 0 Å². The number of hydrogen-bond acceptors (Lipinski definition) is 4. The Hall–Kier alpha value is -1.60. The van der Waals surface area contributed by atoms with E-state index in [1.165, 1.54) is 19.1 Å². The van der Waals surface area contributed by atoms with Crippen molar-refractivity contribution in [2.45, 2.75) is 18.0 Å². The molecule has 1 unspecified atom stereocenters. The highest BCUT2D eigenvalue weighted by Crippen LogP contribution is 2.15. The molecule has 0 aliphatic carbocycles. The minimum absolute atomic E-state index is 0.0221. The van der Waals surface area contributed by atoms with Crippen LogP contribution in [0.25, 0.3) is 0 Å². The number of nitrogens with two attached hydrogens (primary N) is 2. The number of sulfonamides is 1. The predicted octanol–water partition coefficient (Wildman–Crippen LogP) is 0.0607.